The van der Waals surface area contributed by atoms with E-state index < -0.39 is 0 Å². The average Bonchev–Trinajstić information content (AvgIpc) is 2.75. The largest absolute Gasteiger partial charge is 0.314 e. The first-order chi connectivity index (χ1) is 7.36. The summed E-state index contributed by atoms with van der Waals surface area (Å²) in [7, 11) is 0. The third-order valence-electron chi connectivity index (χ3n) is 3.43. The van der Waals surface area contributed by atoms with Crippen molar-refractivity contribution in [3.8, 4) is 0 Å². The van der Waals surface area contributed by atoms with Gasteiger partial charge in [-0.2, -0.15) is 0 Å². The SMILES string of the molecule is CCCN(CC)CCCNC1CCCC1. The van der Waals surface area contributed by atoms with Gasteiger partial charge in [-0.25, -0.2) is 0 Å². The molecule has 0 unspecified atom stereocenters. The van der Waals surface area contributed by atoms with Crippen molar-refractivity contribution >= 4 is 0 Å². The van der Waals surface area contributed by atoms with Gasteiger partial charge in [0.25, 0.3) is 0 Å². The normalized spacial score (nSPS) is 17.8. The molecule has 1 N–H and O–H groups in total. The third-order valence-corrected chi connectivity index (χ3v) is 3.43. The summed E-state index contributed by atoms with van der Waals surface area (Å²) in [4.78, 5) is 2.55. The summed E-state index contributed by atoms with van der Waals surface area (Å²) in [6.45, 7) is 9.48. The van der Waals surface area contributed by atoms with Crippen molar-refractivity contribution in [2.24, 2.45) is 0 Å². The maximum atomic E-state index is 3.68. The quantitative estimate of drug-likeness (QED) is 0.622. The van der Waals surface area contributed by atoms with Crippen LogP contribution in [0.2, 0.25) is 0 Å². The van der Waals surface area contributed by atoms with Crippen molar-refractivity contribution in [2.45, 2.75) is 58.4 Å². The summed E-state index contributed by atoms with van der Waals surface area (Å²) < 4.78 is 0. The van der Waals surface area contributed by atoms with Crippen LogP contribution in [-0.2, 0) is 0 Å². The van der Waals surface area contributed by atoms with Gasteiger partial charge in [0.1, 0.15) is 0 Å². The molecule has 0 aromatic rings. The molecule has 90 valence electrons. The Bertz CT molecular complexity index is 141. The fourth-order valence-corrected chi connectivity index (χ4v) is 2.48. The summed E-state index contributed by atoms with van der Waals surface area (Å²) in [6.07, 6.45) is 8.29. The van der Waals surface area contributed by atoms with E-state index in [1.165, 1.54) is 64.7 Å². The van der Waals surface area contributed by atoms with Crippen LogP contribution in [0.1, 0.15) is 52.4 Å². The van der Waals surface area contributed by atoms with Crippen LogP contribution in [0.15, 0.2) is 0 Å². The molecule has 0 radical (unpaired) electrons. The summed E-state index contributed by atoms with van der Waals surface area (Å²) in [6, 6.07) is 0.839. The standard InChI is InChI=1S/C13H28N2/c1-3-11-15(4-2)12-7-10-14-13-8-5-6-9-13/h13-14H,3-12H2,1-2H3. The number of nitrogens with zero attached hydrogens (tertiary/aromatic N) is 1. The lowest BCUT2D eigenvalue weighted by Gasteiger charge is -2.20. The Morgan fingerprint density at radius 3 is 2.47 bits per heavy atom. The molecule has 1 fully saturated rings. The Morgan fingerprint density at radius 2 is 1.87 bits per heavy atom. The lowest BCUT2D eigenvalue weighted by molar-refractivity contribution is 0.281. The lowest BCUT2D eigenvalue weighted by Crippen LogP contribution is -2.31. The minimum atomic E-state index is 0.839. The van der Waals surface area contributed by atoms with Crippen LogP contribution in [0.25, 0.3) is 0 Å². The second kappa shape index (κ2) is 8.12. The zero-order chi connectivity index (χ0) is 10.9. The zero-order valence-electron chi connectivity index (χ0n) is 10.6. The summed E-state index contributed by atoms with van der Waals surface area (Å²) in [5, 5.41) is 3.68. The van der Waals surface area contributed by atoms with Crippen molar-refractivity contribution in [1.82, 2.24) is 10.2 Å². The average molecular weight is 212 g/mol. The van der Waals surface area contributed by atoms with Crippen molar-refractivity contribution in [3.63, 3.8) is 0 Å². The molecule has 0 amide bonds. The highest BCUT2D eigenvalue weighted by Gasteiger charge is 2.13. The minimum absolute atomic E-state index is 0.839. The molecule has 0 aromatic heterocycles. The molecule has 0 spiro atoms. The summed E-state index contributed by atoms with van der Waals surface area (Å²) >= 11 is 0. The molecular formula is C13H28N2. The number of nitrogens with one attached hydrogen (secondary N) is 1. The Kier molecular flexibility index (Phi) is 7.03. The van der Waals surface area contributed by atoms with E-state index in [1.54, 1.807) is 0 Å². The highest BCUT2D eigenvalue weighted by molar-refractivity contribution is 4.73. The molecule has 1 saturated carbocycles. The molecule has 0 atom stereocenters. The predicted octanol–water partition coefficient (Wildman–Crippen LogP) is 2.64. The van der Waals surface area contributed by atoms with E-state index in [9.17, 15) is 0 Å². The van der Waals surface area contributed by atoms with Crippen LogP contribution in [0, 0.1) is 0 Å². The van der Waals surface area contributed by atoms with Gasteiger partial charge in [0, 0.05) is 6.04 Å². The molecule has 1 rings (SSSR count). The minimum Gasteiger partial charge on any atom is -0.314 e. The van der Waals surface area contributed by atoms with E-state index in [-0.39, 0.29) is 0 Å². The fraction of sp³-hybridized carbons (Fsp3) is 1.00. The van der Waals surface area contributed by atoms with E-state index in [1.807, 2.05) is 0 Å². The predicted molar refractivity (Wildman–Crippen MR) is 67.3 cm³/mol. The molecule has 0 aromatic carbocycles. The Morgan fingerprint density at radius 1 is 1.13 bits per heavy atom. The molecule has 2 nitrogen and oxygen atoms in total. The van der Waals surface area contributed by atoms with E-state index in [0.29, 0.717) is 0 Å². The van der Waals surface area contributed by atoms with Crippen LogP contribution in [0.3, 0.4) is 0 Å². The van der Waals surface area contributed by atoms with Gasteiger partial charge in [-0.15, -0.1) is 0 Å². The van der Waals surface area contributed by atoms with Crippen molar-refractivity contribution in [1.29, 1.82) is 0 Å². The van der Waals surface area contributed by atoms with Gasteiger partial charge >= 0.3 is 0 Å². The first kappa shape index (κ1) is 13.0. The van der Waals surface area contributed by atoms with Gasteiger partial charge in [-0.05, 0) is 51.9 Å². The number of hydrogen-bond donors (Lipinski definition) is 1. The van der Waals surface area contributed by atoms with Crippen molar-refractivity contribution in [3.05, 3.63) is 0 Å². The molecule has 0 bridgehead atoms. The van der Waals surface area contributed by atoms with Gasteiger partial charge in [0.2, 0.25) is 0 Å². The third kappa shape index (κ3) is 5.53. The fourth-order valence-electron chi connectivity index (χ4n) is 2.48. The van der Waals surface area contributed by atoms with Crippen LogP contribution in [0.5, 0.6) is 0 Å². The first-order valence-corrected chi connectivity index (χ1v) is 6.82. The van der Waals surface area contributed by atoms with Gasteiger partial charge in [-0.1, -0.05) is 26.7 Å². The van der Waals surface area contributed by atoms with Gasteiger partial charge < -0.3 is 10.2 Å². The van der Waals surface area contributed by atoms with Crippen LogP contribution in [0.4, 0.5) is 0 Å². The lowest BCUT2D eigenvalue weighted by atomic mass is 10.2. The second-order valence-corrected chi connectivity index (χ2v) is 4.72. The zero-order valence-corrected chi connectivity index (χ0v) is 10.6. The second-order valence-electron chi connectivity index (χ2n) is 4.72. The van der Waals surface area contributed by atoms with Gasteiger partial charge in [0.05, 0.1) is 0 Å². The molecule has 0 saturated heterocycles. The van der Waals surface area contributed by atoms with E-state index >= 15 is 0 Å². The van der Waals surface area contributed by atoms with Gasteiger partial charge in [-0.3, -0.25) is 0 Å². The van der Waals surface area contributed by atoms with E-state index in [2.05, 4.69) is 24.1 Å². The van der Waals surface area contributed by atoms with E-state index in [4.69, 9.17) is 0 Å². The summed E-state index contributed by atoms with van der Waals surface area (Å²) in [5.41, 5.74) is 0. The molecule has 2 heteroatoms. The Balaban J connectivity index is 1.94. The molecular weight excluding hydrogens is 184 g/mol. The Labute approximate surface area is 95.4 Å². The van der Waals surface area contributed by atoms with Crippen LogP contribution >= 0.6 is 0 Å². The number of rotatable bonds is 8. The van der Waals surface area contributed by atoms with Crippen molar-refractivity contribution in [2.75, 3.05) is 26.2 Å². The topological polar surface area (TPSA) is 15.3 Å². The van der Waals surface area contributed by atoms with E-state index in [0.717, 1.165) is 6.04 Å². The van der Waals surface area contributed by atoms with Crippen LogP contribution in [-0.4, -0.2) is 37.1 Å². The van der Waals surface area contributed by atoms with Gasteiger partial charge in [0.15, 0.2) is 0 Å². The molecule has 0 heterocycles. The first-order valence-electron chi connectivity index (χ1n) is 6.82. The maximum Gasteiger partial charge on any atom is 0.00670 e. The smallest absolute Gasteiger partial charge is 0.00670 e. The molecule has 1 aliphatic carbocycles. The monoisotopic (exact) mass is 212 g/mol. The number of hydrogen-bond acceptors (Lipinski definition) is 2. The van der Waals surface area contributed by atoms with Crippen molar-refractivity contribution < 1.29 is 0 Å². The molecule has 0 aliphatic heterocycles. The maximum absolute atomic E-state index is 3.68. The summed E-state index contributed by atoms with van der Waals surface area (Å²) in [5.74, 6) is 0. The highest BCUT2D eigenvalue weighted by Crippen LogP contribution is 2.17. The molecule has 1 aliphatic rings. The Hall–Kier alpha value is -0.0800. The molecule has 15 heavy (non-hydrogen) atoms. The van der Waals surface area contributed by atoms with Crippen LogP contribution < -0.4 is 5.32 Å². The highest BCUT2D eigenvalue weighted by atomic mass is 15.1.